The molecule has 1 aliphatic rings. The molecule has 1 aromatic rings. The van der Waals surface area contributed by atoms with E-state index in [2.05, 4.69) is 21.2 Å². The van der Waals surface area contributed by atoms with Gasteiger partial charge in [-0.3, -0.25) is 0 Å². The van der Waals surface area contributed by atoms with Crippen LogP contribution < -0.4 is 5.32 Å². The molecular formula is C12H18BrNO. The summed E-state index contributed by atoms with van der Waals surface area (Å²) in [4.78, 5) is 0. The number of nitrogens with one attached hydrogen (secondary N) is 1. The van der Waals surface area contributed by atoms with Gasteiger partial charge in [0.1, 0.15) is 5.76 Å². The Hall–Kier alpha value is -0.280. The summed E-state index contributed by atoms with van der Waals surface area (Å²) in [5.74, 6) is 1.98. The van der Waals surface area contributed by atoms with E-state index in [1.165, 1.54) is 32.1 Å². The van der Waals surface area contributed by atoms with Gasteiger partial charge in [0.2, 0.25) is 0 Å². The van der Waals surface area contributed by atoms with Gasteiger partial charge < -0.3 is 9.73 Å². The van der Waals surface area contributed by atoms with E-state index in [1.54, 1.807) is 0 Å². The van der Waals surface area contributed by atoms with Crippen molar-refractivity contribution in [1.29, 1.82) is 0 Å². The lowest BCUT2D eigenvalue weighted by Crippen LogP contribution is -2.16. The van der Waals surface area contributed by atoms with E-state index in [0.29, 0.717) is 0 Å². The third-order valence-electron chi connectivity index (χ3n) is 3.13. The first-order valence-electron chi connectivity index (χ1n) is 5.79. The molecule has 0 saturated heterocycles. The Balaban J connectivity index is 1.58. The van der Waals surface area contributed by atoms with Gasteiger partial charge in [-0.2, -0.15) is 0 Å². The fourth-order valence-corrected chi connectivity index (χ4v) is 2.60. The minimum absolute atomic E-state index is 0.815. The molecule has 3 heteroatoms. The van der Waals surface area contributed by atoms with Gasteiger partial charge in [-0.1, -0.05) is 25.7 Å². The second kappa shape index (κ2) is 5.71. The fraction of sp³-hybridized carbons (Fsp3) is 0.667. The predicted octanol–water partition coefficient (Wildman–Crippen LogP) is 3.71. The number of furan rings is 1. The van der Waals surface area contributed by atoms with Crippen LogP contribution in [0.4, 0.5) is 0 Å². The van der Waals surface area contributed by atoms with Gasteiger partial charge in [0, 0.05) is 0 Å². The highest BCUT2D eigenvalue weighted by Gasteiger charge is 2.13. The largest absolute Gasteiger partial charge is 0.453 e. The fourth-order valence-electron chi connectivity index (χ4n) is 2.26. The Morgan fingerprint density at radius 1 is 1.33 bits per heavy atom. The minimum atomic E-state index is 0.815. The van der Waals surface area contributed by atoms with Crippen LogP contribution >= 0.6 is 15.9 Å². The monoisotopic (exact) mass is 271 g/mol. The Bertz CT molecular complexity index is 292. The molecule has 84 valence electrons. The average Bonchev–Trinajstić information content (AvgIpc) is 2.84. The lowest BCUT2D eigenvalue weighted by Gasteiger charge is -2.08. The second-order valence-corrected chi connectivity index (χ2v) is 5.10. The van der Waals surface area contributed by atoms with Crippen molar-refractivity contribution in [1.82, 2.24) is 5.32 Å². The van der Waals surface area contributed by atoms with E-state index in [0.717, 1.165) is 29.4 Å². The van der Waals surface area contributed by atoms with Crippen LogP contribution in [0.1, 0.15) is 37.9 Å². The van der Waals surface area contributed by atoms with E-state index >= 15 is 0 Å². The van der Waals surface area contributed by atoms with E-state index in [1.807, 2.05) is 12.1 Å². The molecule has 1 heterocycles. The topological polar surface area (TPSA) is 25.2 Å². The van der Waals surface area contributed by atoms with Crippen LogP contribution in [0.3, 0.4) is 0 Å². The quantitative estimate of drug-likeness (QED) is 0.826. The first-order valence-corrected chi connectivity index (χ1v) is 6.59. The molecule has 1 fully saturated rings. The van der Waals surface area contributed by atoms with Gasteiger partial charge in [-0.15, -0.1) is 0 Å². The molecule has 2 nitrogen and oxygen atoms in total. The Morgan fingerprint density at radius 2 is 2.13 bits per heavy atom. The lowest BCUT2D eigenvalue weighted by atomic mass is 10.0. The van der Waals surface area contributed by atoms with Crippen LogP contribution in [-0.4, -0.2) is 6.54 Å². The molecule has 15 heavy (non-hydrogen) atoms. The summed E-state index contributed by atoms with van der Waals surface area (Å²) in [5.41, 5.74) is 0. The molecule has 0 atom stereocenters. The van der Waals surface area contributed by atoms with Crippen LogP contribution in [0, 0.1) is 5.92 Å². The molecule has 0 aromatic carbocycles. The molecule has 0 spiro atoms. The Morgan fingerprint density at radius 3 is 2.80 bits per heavy atom. The number of rotatable bonds is 5. The van der Waals surface area contributed by atoms with Crippen LogP contribution in [0.15, 0.2) is 21.2 Å². The molecule has 0 bridgehead atoms. The molecule has 2 rings (SSSR count). The molecule has 1 N–H and O–H groups in total. The van der Waals surface area contributed by atoms with Crippen LogP contribution in [-0.2, 0) is 6.54 Å². The molecule has 0 radical (unpaired) electrons. The average molecular weight is 272 g/mol. The Kier molecular flexibility index (Phi) is 4.27. The predicted molar refractivity (Wildman–Crippen MR) is 64.7 cm³/mol. The van der Waals surface area contributed by atoms with Crippen molar-refractivity contribution >= 4 is 15.9 Å². The highest BCUT2D eigenvalue weighted by molar-refractivity contribution is 9.10. The highest BCUT2D eigenvalue weighted by Crippen LogP contribution is 2.26. The van der Waals surface area contributed by atoms with E-state index in [9.17, 15) is 0 Å². The molecule has 0 amide bonds. The molecular weight excluding hydrogens is 254 g/mol. The first-order chi connectivity index (χ1) is 7.34. The maximum atomic E-state index is 5.41. The summed E-state index contributed by atoms with van der Waals surface area (Å²) < 4.78 is 6.22. The van der Waals surface area contributed by atoms with Crippen molar-refractivity contribution in [2.45, 2.75) is 38.6 Å². The Labute approximate surface area is 99.6 Å². The van der Waals surface area contributed by atoms with Crippen molar-refractivity contribution in [2.24, 2.45) is 5.92 Å². The number of hydrogen-bond acceptors (Lipinski definition) is 2. The third-order valence-corrected chi connectivity index (χ3v) is 3.56. The summed E-state index contributed by atoms with van der Waals surface area (Å²) in [6, 6.07) is 3.95. The van der Waals surface area contributed by atoms with Crippen LogP contribution in [0.2, 0.25) is 0 Å². The van der Waals surface area contributed by atoms with Gasteiger partial charge in [-0.25, -0.2) is 0 Å². The van der Waals surface area contributed by atoms with E-state index in [4.69, 9.17) is 4.42 Å². The zero-order chi connectivity index (χ0) is 10.5. The normalized spacial score (nSPS) is 17.4. The maximum absolute atomic E-state index is 5.41. The van der Waals surface area contributed by atoms with E-state index < -0.39 is 0 Å². The maximum Gasteiger partial charge on any atom is 0.169 e. The van der Waals surface area contributed by atoms with Gasteiger partial charge in [0.15, 0.2) is 4.67 Å². The number of hydrogen-bond donors (Lipinski definition) is 1. The lowest BCUT2D eigenvalue weighted by molar-refractivity contribution is 0.439. The van der Waals surface area contributed by atoms with Crippen LogP contribution in [0.25, 0.3) is 0 Å². The highest BCUT2D eigenvalue weighted by atomic mass is 79.9. The van der Waals surface area contributed by atoms with Gasteiger partial charge >= 0.3 is 0 Å². The van der Waals surface area contributed by atoms with Crippen molar-refractivity contribution in [3.63, 3.8) is 0 Å². The molecule has 0 unspecified atom stereocenters. The first kappa shape index (κ1) is 11.2. The summed E-state index contributed by atoms with van der Waals surface area (Å²) in [6.07, 6.45) is 7.08. The summed E-state index contributed by atoms with van der Waals surface area (Å²) >= 11 is 3.30. The summed E-state index contributed by atoms with van der Waals surface area (Å²) in [7, 11) is 0. The van der Waals surface area contributed by atoms with Crippen molar-refractivity contribution in [3.05, 3.63) is 22.6 Å². The standard InChI is InChI=1S/C12H18BrNO/c13-12-6-5-11(15-12)9-14-8-7-10-3-1-2-4-10/h5-6,10,14H,1-4,7-9H2. The summed E-state index contributed by atoms with van der Waals surface area (Å²) in [6.45, 7) is 1.96. The van der Waals surface area contributed by atoms with Crippen molar-refractivity contribution in [3.8, 4) is 0 Å². The minimum Gasteiger partial charge on any atom is -0.453 e. The van der Waals surface area contributed by atoms with Crippen molar-refractivity contribution < 1.29 is 4.42 Å². The zero-order valence-electron chi connectivity index (χ0n) is 8.97. The smallest absolute Gasteiger partial charge is 0.169 e. The molecule has 0 aliphatic heterocycles. The summed E-state index contributed by atoms with van der Waals surface area (Å²) in [5, 5.41) is 3.43. The van der Waals surface area contributed by atoms with Gasteiger partial charge in [0.25, 0.3) is 0 Å². The molecule has 1 aromatic heterocycles. The van der Waals surface area contributed by atoms with Gasteiger partial charge in [0.05, 0.1) is 6.54 Å². The van der Waals surface area contributed by atoms with Gasteiger partial charge in [-0.05, 0) is 46.9 Å². The second-order valence-electron chi connectivity index (χ2n) is 4.32. The SMILES string of the molecule is Brc1ccc(CNCCC2CCCC2)o1. The van der Waals surface area contributed by atoms with Crippen molar-refractivity contribution in [2.75, 3.05) is 6.54 Å². The zero-order valence-corrected chi connectivity index (χ0v) is 10.6. The molecule has 1 aliphatic carbocycles. The van der Waals surface area contributed by atoms with Crippen LogP contribution in [0.5, 0.6) is 0 Å². The van der Waals surface area contributed by atoms with E-state index in [-0.39, 0.29) is 0 Å². The number of halogens is 1. The molecule has 1 saturated carbocycles. The third kappa shape index (κ3) is 3.65.